The summed E-state index contributed by atoms with van der Waals surface area (Å²) in [4.78, 5) is 3.35. The van der Waals surface area contributed by atoms with Crippen LogP contribution in [0, 0.1) is 0 Å². The van der Waals surface area contributed by atoms with E-state index in [1.807, 2.05) is 6.07 Å². The number of thiol groups is 1. The Morgan fingerprint density at radius 3 is 2.83 bits per heavy atom. The first-order chi connectivity index (χ1) is 5.90. The average Bonchev–Trinajstić information content (AvgIpc) is 2.47. The topological polar surface area (TPSA) is 15.8 Å². The number of para-hydroxylation sites is 1. The van der Waals surface area contributed by atoms with Crippen molar-refractivity contribution in [3.8, 4) is 0 Å². The molecule has 0 aliphatic rings. The zero-order valence-corrected chi connectivity index (χ0v) is 7.64. The van der Waals surface area contributed by atoms with Crippen LogP contribution >= 0.6 is 12.6 Å². The minimum Gasteiger partial charge on any atom is -0.358 e. The van der Waals surface area contributed by atoms with Crippen LogP contribution in [0.3, 0.4) is 0 Å². The van der Waals surface area contributed by atoms with E-state index in [1.54, 1.807) is 0 Å². The number of aromatic nitrogens is 1. The van der Waals surface area contributed by atoms with Crippen LogP contribution in [0.2, 0.25) is 0 Å². The third kappa shape index (κ3) is 1.34. The molecule has 2 aromatic rings. The zero-order valence-electron chi connectivity index (χ0n) is 6.75. The van der Waals surface area contributed by atoms with Gasteiger partial charge in [0.05, 0.1) is 0 Å². The first kappa shape index (κ1) is 7.74. The second kappa shape index (κ2) is 3.23. The van der Waals surface area contributed by atoms with Gasteiger partial charge in [-0.05, 0) is 29.7 Å². The molecular formula is C10H11NS. The van der Waals surface area contributed by atoms with E-state index < -0.39 is 0 Å². The standard InChI is InChI=1S/C10H11NS/c12-6-5-9-7-8-3-1-2-4-10(8)11-9/h1-4,7,11-12H,5-6H2. The second-order valence-corrected chi connectivity index (χ2v) is 3.30. The van der Waals surface area contributed by atoms with Crippen molar-refractivity contribution in [2.24, 2.45) is 0 Å². The monoisotopic (exact) mass is 177 g/mol. The van der Waals surface area contributed by atoms with Crippen molar-refractivity contribution in [3.05, 3.63) is 36.0 Å². The van der Waals surface area contributed by atoms with Crippen molar-refractivity contribution in [1.82, 2.24) is 4.98 Å². The first-order valence-electron chi connectivity index (χ1n) is 4.07. The molecule has 1 aromatic carbocycles. The molecule has 12 heavy (non-hydrogen) atoms. The second-order valence-electron chi connectivity index (χ2n) is 2.86. The normalized spacial score (nSPS) is 10.8. The van der Waals surface area contributed by atoms with Crippen LogP contribution in [-0.4, -0.2) is 10.7 Å². The lowest BCUT2D eigenvalue weighted by Crippen LogP contribution is -1.83. The van der Waals surface area contributed by atoms with Gasteiger partial charge in [0.1, 0.15) is 0 Å². The van der Waals surface area contributed by atoms with Crippen molar-refractivity contribution in [1.29, 1.82) is 0 Å². The van der Waals surface area contributed by atoms with Gasteiger partial charge in [0.15, 0.2) is 0 Å². The van der Waals surface area contributed by atoms with E-state index in [0.29, 0.717) is 0 Å². The fourth-order valence-corrected chi connectivity index (χ4v) is 1.63. The lowest BCUT2D eigenvalue weighted by Gasteiger charge is -1.88. The molecule has 1 heterocycles. The van der Waals surface area contributed by atoms with E-state index in [2.05, 4.69) is 41.9 Å². The predicted molar refractivity (Wildman–Crippen MR) is 55.9 cm³/mol. The molecule has 0 saturated heterocycles. The summed E-state index contributed by atoms with van der Waals surface area (Å²) in [5.41, 5.74) is 2.49. The van der Waals surface area contributed by atoms with Gasteiger partial charge in [-0.3, -0.25) is 0 Å². The van der Waals surface area contributed by atoms with Crippen molar-refractivity contribution in [3.63, 3.8) is 0 Å². The van der Waals surface area contributed by atoms with Crippen LogP contribution < -0.4 is 0 Å². The van der Waals surface area contributed by atoms with E-state index in [0.717, 1.165) is 12.2 Å². The minimum absolute atomic E-state index is 0.896. The molecule has 0 aliphatic heterocycles. The van der Waals surface area contributed by atoms with Crippen LogP contribution in [0.5, 0.6) is 0 Å². The molecule has 0 fully saturated rings. The molecule has 0 bridgehead atoms. The van der Waals surface area contributed by atoms with E-state index in [1.165, 1.54) is 16.6 Å². The van der Waals surface area contributed by atoms with Crippen molar-refractivity contribution < 1.29 is 0 Å². The van der Waals surface area contributed by atoms with Gasteiger partial charge in [0.25, 0.3) is 0 Å². The molecule has 1 aromatic heterocycles. The quantitative estimate of drug-likeness (QED) is 0.656. The highest BCUT2D eigenvalue weighted by Crippen LogP contribution is 2.14. The molecule has 1 N–H and O–H groups in total. The Morgan fingerprint density at radius 1 is 1.25 bits per heavy atom. The maximum Gasteiger partial charge on any atom is 0.0456 e. The number of rotatable bonds is 2. The Balaban J connectivity index is 2.47. The Morgan fingerprint density at radius 2 is 2.08 bits per heavy atom. The van der Waals surface area contributed by atoms with Crippen LogP contribution in [0.25, 0.3) is 10.9 Å². The number of fused-ring (bicyclic) bond motifs is 1. The molecule has 0 unspecified atom stereocenters. The Bertz CT molecular complexity index is 345. The van der Waals surface area contributed by atoms with Gasteiger partial charge in [-0.2, -0.15) is 12.6 Å². The minimum atomic E-state index is 0.896. The summed E-state index contributed by atoms with van der Waals surface area (Å²) in [5.74, 6) is 0.896. The van der Waals surface area contributed by atoms with Gasteiger partial charge in [-0.15, -0.1) is 0 Å². The van der Waals surface area contributed by atoms with Crippen molar-refractivity contribution >= 4 is 23.5 Å². The van der Waals surface area contributed by atoms with Crippen LogP contribution in [-0.2, 0) is 6.42 Å². The SMILES string of the molecule is SCCc1cc2ccccc2[nH]1. The lowest BCUT2D eigenvalue weighted by molar-refractivity contribution is 1.09. The molecule has 0 saturated carbocycles. The van der Waals surface area contributed by atoms with Gasteiger partial charge in [-0.1, -0.05) is 18.2 Å². The molecule has 2 heteroatoms. The molecule has 0 spiro atoms. The number of H-pyrrole nitrogens is 1. The lowest BCUT2D eigenvalue weighted by atomic mass is 10.2. The maximum absolute atomic E-state index is 4.19. The van der Waals surface area contributed by atoms with Crippen LogP contribution in [0.1, 0.15) is 5.69 Å². The summed E-state index contributed by atoms with van der Waals surface area (Å²) in [5, 5.41) is 1.29. The summed E-state index contributed by atoms with van der Waals surface area (Å²) in [6, 6.07) is 10.5. The highest BCUT2D eigenvalue weighted by atomic mass is 32.1. The van der Waals surface area contributed by atoms with Crippen LogP contribution in [0.15, 0.2) is 30.3 Å². The Hall–Kier alpha value is -0.890. The number of hydrogen-bond donors (Lipinski definition) is 2. The summed E-state index contributed by atoms with van der Waals surface area (Å²) in [7, 11) is 0. The molecule has 0 atom stereocenters. The molecule has 0 aliphatic carbocycles. The fourth-order valence-electron chi connectivity index (χ4n) is 1.39. The summed E-state index contributed by atoms with van der Waals surface area (Å²) < 4.78 is 0. The zero-order chi connectivity index (χ0) is 8.39. The van der Waals surface area contributed by atoms with Crippen LogP contribution in [0.4, 0.5) is 0 Å². The van der Waals surface area contributed by atoms with Crippen molar-refractivity contribution in [2.75, 3.05) is 5.75 Å². The number of hydrogen-bond acceptors (Lipinski definition) is 1. The van der Waals surface area contributed by atoms with Gasteiger partial charge in [0, 0.05) is 11.2 Å². The maximum atomic E-state index is 4.19. The van der Waals surface area contributed by atoms with E-state index in [9.17, 15) is 0 Å². The number of nitrogens with one attached hydrogen (secondary N) is 1. The van der Waals surface area contributed by atoms with E-state index in [4.69, 9.17) is 0 Å². The first-order valence-corrected chi connectivity index (χ1v) is 4.71. The summed E-state index contributed by atoms with van der Waals surface area (Å²) in [6.07, 6.45) is 1.01. The third-order valence-electron chi connectivity index (χ3n) is 1.97. The molecule has 1 nitrogen and oxygen atoms in total. The predicted octanol–water partition coefficient (Wildman–Crippen LogP) is 2.64. The third-order valence-corrected chi connectivity index (χ3v) is 2.19. The number of aryl methyl sites for hydroxylation is 1. The molecule has 0 amide bonds. The Labute approximate surface area is 77.2 Å². The van der Waals surface area contributed by atoms with E-state index >= 15 is 0 Å². The Kier molecular flexibility index (Phi) is 2.09. The number of benzene rings is 1. The molecule has 0 radical (unpaired) electrons. The molecule has 62 valence electrons. The van der Waals surface area contributed by atoms with Gasteiger partial charge in [0.2, 0.25) is 0 Å². The highest BCUT2D eigenvalue weighted by Gasteiger charge is 1.97. The molecular weight excluding hydrogens is 166 g/mol. The van der Waals surface area contributed by atoms with Crippen molar-refractivity contribution in [2.45, 2.75) is 6.42 Å². The van der Waals surface area contributed by atoms with Gasteiger partial charge in [-0.25, -0.2) is 0 Å². The fraction of sp³-hybridized carbons (Fsp3) is 0.200. The highest BCUT2D eigenvalue weighted by molar-refractivity contribution is 7.80. The smallest absolute Gasteiger partial charge is 0.0456 e. The summed E-state index contributed by atoms with van der Waals surface area (Å²) in [6.45, 7) is 0. The van der Waals surface area contributed by atoms with E-state index in [-0.39, 0.29) is 0 Å². The largest absolute Gasteiger partial charge is 0.358 e. The number of aromatic amines is 1. The summed E-state index contributed by atoms with van der Waals surface area (Å²) >= 11 is 4.19. The van der Waals surface area contributed by atoms with Gasteiger partial charge < -0.3 is 4.98 Å². The average molecular weight is 177 g/mol. The van der Waals surface area contributed by atoms with Gasteiger partial charge >= 0.3 is 0 Å². The molecule has 2 rings (SSSR count).